The summed E-state index contributed by atoms with van der Waals surface area (Å²) in [5.41, 5.74) is 0.671. The Bertz CT molecular complexity index is 918. The molecule has 0 aliphatic heterocycles. The number of hydrogen-bond donors (Lipinski definition) is 0. The molecule has 0 fully saturated rings. The van der Waals surface area contributed by atoms with Crippen LogP contribution in [0.5, 0.6) is 0 Å². The van der Waals surface area contributed by atoms with Crippen LogP contribution in [0.1, 0.15) is 5.82 Å². The molecule has 9 heteroatoms. The lowest BCUT2D eigenvalue weighted by Gasteiger charge is -1.92. The van der Waals surface area contributed by atoms with Crippen LogP contribution in [-0.2, 0) is 5.75 Å². The Labute approximate surface area is 133 Å². The molecule has 0 N–H and O–H groups in total. The van der Waals surface area contributed by atoms with E-state index >= 15 is 0 Å². The molecule has 23 heavy (non-hydrogen) atoms. The van der Waals surface area contributed by atoms with Crippen LogP contribution in [0.3, 0.4) is 0 Å². The molecule has 1 aromatic carbocycles. The molecule has 3 aromatic heterocycles. The molecule has 0 atom stereocenters. The zero-order chi connectivity index (χ0) is 15.6. The van der Waals surface area contributed by atoms with E-state index in [4.69, 9.17) is 4.52 Å². The zero-order valence-electron chi connectivity index (χ0n) is 11.6. The maximum Gasteiger partial charge on any atom is 0.257 e. The van der Waals surface area contributed by atoms with Crippen LogP contribution in [0.2, 0.25) is 0 Å². The third-order valence-corrected chi connectivity index (χ3v) is 3.82. The lowest BCUT2D eigenvalue weighted by molar-refractivity contribution is 0.425. The highest BCUT2D eigenvalue weighted by molar-refractivity contribution is 7.98. The number of aromatic nitrogens is 6. The summed E-state index contributed by atoms with van der Waals surface area (Å²) in [6, 6.07) is 7.66. The van der Waals surface area contributed by atoms with Gasteiger partial charge in [0.05, 0.1) is 5.75 Å². The topological polar surface area (TPSA) is 82.0 Å². The first-order valence-corrected chi connectivity index (χ1v) is 7.65. The highest BCUT2D eigenvalue weighted by Gasteiger charge is 2.11. The predicted molar refractivity (Wildman–Crippen MR) is 80.0 cm³/mol. The minimum atomic E-state index is -0.310. The van der Waals surface area contributed by atoms with E-state index in [0.29, 0.717) is 34.0 Å². The van der Waals surface area contributed by atoms with E-state index in [2.05, 4.69) is 25.2 Å². The first-order chi connectivity index (χ1) is 11.3. The molecule has 0 aliphatic rings. The van der Waals surface area contributed by atoms with Crippen LogP contribution in [0.4, 0.5) is 4.39 Å². The molecule has 114 valence electrons. The van der Waals surface area contributed by atoms with Gasteiger partial charge < -0.3 is 4.52 Å². The van der Waals surface area contributed by atoms with Gasteiger partial charge >= 0.3 is 0 Å². The Morgan fingerprint density at radius 1 is 1.17 bits per heavy atom. The zero-order valence-corrected chi connectivity index (χ0v) is 12.4. The fourth-order valence-electron chi connectivity index (χ4n) is 1.93. The molecule has 0 radical (unpaired) electrons. The highest BCUT2D eigenvalue weighted by atomic mass is 32.2. The van der Waals surface area contributed by atoms with E-state index < -0.39 is 0 Å². The highest BCUT2D eigenvalue weighted by Crippen LogP contribution is 2.21. The summed E-state index contributed by atoms with van der Waals surface area (Å²) >= 11 is 1.38. The third-order valence-electron chi connectivity index (χ3n) is 2.99. The number of thioether (sulfide) groups is 1. The lowest BCUT2D eigenvalue weighted by atomic mass is 10.2. The molecule has 3 heterocycles. The van der Waals surface area contributed by atoms with Crippen LogP contribution in [0, 0.1) is 5.82 Å². The summed E-state index contributed by atoms with van der Waals surface area (Å²) in [4.78, 5) is 12.7. The molecule has 7 nitrogen and oxygen atoms in total. The van der Waals surface area contributed by atoms with Crippen LogP contribution >= 0.6 is 11.8 Å². The van der Waals surface area contributed by atoms with Gasteiger partial charge in [0, 0.05) is 18.0 Å². The van der Waals surface area contributed by atoms with Gasteiger partial charge in [0.1, 0.15) is 5.82 Å². The molecule has 0 bridgehead atoms. The molecular formula is C14H9FN6OS. The average Bonchev–Trinajstić information content (AvgIpc) is 3.20. The van der Waals surface area contributed by atoms with Crippen molar-refractivity contribution < 1.29 is 8.91 Å². The Morgan fingerprint density at radius 2 is 2.04 bits per heavy atom. The van der Waals surface area contributed by atoms with Crippen molar-refractivity contribution in [1.82, 2.24) is 29.7 Å². The van der Waals surface area contributed by atoms with Crippen molar-refractivity contribution in [2.45, 2.75) is 10.9 Å². The summed E-state index contributed by atoms with van der Waals surface area (Å²) in [5, 5.41) is 8.77. The van der Waals surface area contributed by atoms with Crippen molar-refractivity contribution in [1.29, 1.82) is 0 Å². The second-order valence-corrected chi connectivity index (χ2v) is 5.51. The normalized spacial score (nSPS) is 11.2. The third kappa shape index (κ3) is 2.90. The van der Waals surface area contributed by atoms with Gasteiger partial charge in [0.2, 0.25) is 5.16 Å². The number of rotatable bonds is 4. The largest absolute Gasteiger partial charge is 0.334 e. The first kappa shape index (κ1) is 13.8. The minimum Gasteiger partial charge on any atom is -0.334 e. The van der Waals surface area contributed by atoms with Gasteiger partial charge in [0.25, 0.3) is 11.7 Å². The summed E-state index contributed by atoms with van der Waals surface area (Å²) in [6.07, 6.45) is 3.44. The first-order valence-electron chi connectivity index (χ1n) is 6.67. The van der Waals surface area contributed by atoms with E-state index in [1.54, 1.807) is 35.1 Å². The molecule has 0 saturated heterocycles. The van der Waals surface area contributed by atoms with Gasteiger partial charge in [-0.2, -0.15) is 9.97 Å². The molecular weight excluding hydrogens is 319 g/mol. The minimum absolute atomic E-state index is 0.310. The summed E-state index contributed by atoms with van der Waals surface area (Å²) in [7, 11) is 0. The quantitative estimate of drug-likeness (QED) is 0.533. The number of nitrogens with zero attached hydrogens (tertiary/aromatic N) is 6. The Morgan fingerprint density at radius 3 is 2.87 bits per heavy atom. The molecule has 4 rings (SSSR count). The van der Waals surface area contributed by atoms with E-state index in [1.807, 2.05) is 0 Å². The van der Waals surface area contributed by atoms with Crippen LogP contribution in [-0.4, -0.2) is 29.7 Å². The van der Waals surface area contributed by atoms with Crippen molar-refractivity contribution in [3.8, 4) is 11.5 Å². The standard InChI is InChI=1S/C14H9FN6OS/c15-10-4-2-9(3-5-10)12-17-11(20-22-12)8-23-14-18-13-16-6-1-7-21(13)19-14/h1-7H,8H2. The van der Waals surface area contributed by atoms with Crippen molar-refractivity contribution >= 4 is 17.5 Å². The fourth-order valence-corrected chi connectivity index (χ4v) is 2.59. The maximum atomic E-state index is 12.9. The van der Waals surface area contributed by atoms with Crippen LogP contribution in [0.15, 0.2) is 52.4 Å². The van der Waals surface area contributed by atoms with Gasteiger partial charge in [0.15, 0.2) is 5.82 Å². The van der Waals surface area contributed by atoms with Gasteiger partial charge in [-0.25, -0.2) is 13.9 Å². The number of benzene rings is 1. The van der Waals surface area contributed by atoms with Crippen LogP contribution in [0.25, 0.3) is 17.2 Å². The maximum absolute atomic E-state index is 12.9. The second kappa shape index (κ2) is 5.76. The molecule has 0 amide bonds. The monoisotopic (exact) mass is 328 g/mol. The summed E-state index contributed by atoms with van der Waals surface area (Å²) in [5.74, 6) is 1.55. The van der Waals surface area contributed by atoms with Crippen molar-refractivity contribution in [2.75, 3.05) is 0 Å². The molecule has 0 aliphatic carbocycles. The van der Waals surface area contributed by atoms with Gasteiger partial charge in [-0.3, -0.25) is 0 Å². The van der Waals surface area contributed by atoms with E-state index in [9.17, 15) is 4.39 Å². The van der Waals surface area contributed by atoms with Gasteiger partial charge in [-0.15, -0.1) is 5.10 Å². The molecule has 0 unspecified atom stereocenters. The van der Waals surface area contributed by atoms with Gasteiger partial charge in [-0.1, -0.05) is 16.9 Å². The fraction of sp³-hybridized carbons (Fsp3) is 0.0714. The molecule has 0 saturated carbocycles. The summed E-state index contributed by atoms with van der Waals surface area (Å²) in [6.45, 7) is 0. The summed E-state index contributed by atoms with van der Waals surface area (Å²) < 4.78 is 19.7. The van der Waals surface area contributed by atoms with Crippen LogP contribution < -0.4 is 0 Å². The van der Waals surface area contributed by atoms with Crippen molar-refractivity contribution in [2.24, 2.45) is 0 Å². The van der Waals surface area contributed by atoms with E-state index in [-0.39, 0.29) is 5.82 Å². The second-order valence-electron chi connectivity index (χ2n) is 4.57. The van der Waals surface area contributed by atoms with Crippen molar-refractivity contribution in [3.05, 3.63) is 54.4 Å². The van der Waals surface area contributed by atoms with E-state index in [1.165, 1.54) is 23.9 Å². The smallest absolute Gasteiger partial charge is 0.257 e. The van der Waals surface area contributed by atoms with Gasteiger partial charge in [-0.05, 0) is 30.3 Å². The predicted octanol–water partition coefficient (Wildman–Crippen LogP) is 2.61. The Balaban J connectivity index is 1.48. The van der Waals surface area contributed by atoms with Crippen molar-refractivity contribution in [3.63, 3.8) is 0 Å². The average molecular weight is 328 g/mol. The van der Waals surface area contributed by atoms with E-state index in [0.717, 1.165) is 0 Å². The lowest BCUT2D eigenvalue weighted by Crippen LogP contribution is -1.87. The number of hydrogen-bond acceptors (Lipinski definition) is 7. The molecule has 4 aromatic rings. The molecule has 0 spiro atoms. The Kier molecular flexibility index (Phi) is 3.46. The SMILES string of the molecule is Fc1ccc(-c2nc(CSc3nc4ncccn4n3)no2)cc1. The Hall–Kier alpha value is -2.81. The number of fused-ring (bicyclic) bond motifs is 1. The number of halogens is 1.